The van der Waals surface area contributed by atoms with Crippen LogP contribution in [0.5, 0.6) is 0 Å². The molecule has 1 fully saturated rings. The van der Waals surface area contributed by atoms with Gasteiger partial charge in [0.2, 0.25) is 5.82 Å². The number of rotatable bonds is 3. The fourth-order valence-corrected chi connectivity index (χ4v) is 2.46. The number of hydrogen-bond acceptors (Lipinski definition) is 5. The molecule has 2 unspecified atom stereocenters. The second kappa shape index (κ2) is 5.56. The standard InChI is InChI=1S/C12H20N4O3/c1-15-11(18)10(14-16(2)12(15)19)13-7-8-5-3-4-6-9(8)17/h8-9,17H,3-7H2,1-2H3,(H,13,14). The van der Waals surface area contributed by atoms with Gasteiger partial charge in [-0.1, -0.05) is 12.8 Å². The summed E-state index contributed by atoms with van der Waals surface area (Å²) in [6.07, 6.45) is 3.59. The van der Waals surface area contributed by atoms with Gasteiger partial charge >= 0.3 is 5.69 Å². The molecule has 2 N–H and O–H groups in total. The molecule has 7 nitrogen and oxygen atoms in total. The monoisotopic (exact) mass is 268 g/mol. The normalized spacial score (nSPS) is 23.3. The number of nitrogens with zero attached hydrogens (tertiary/aromatic N) is 3. The van der Waals surface area contributed by atoms with Crippen molar-refractivity contribution in [2.24, 2.45) is 20.0 Å². The molecular formula is C12H20N4O3. The third-order valence-corrected chi connectivity index (χ3v) is 3.72. The van der Waals surface area contributed by atoms with Crippen LogP contribution in [0.15, 0.2) is 9.59 Å². The zero-order valence-electron chi connectivity index (χ0n) is 11.3. The first kappa shape index (κ1) is 13.8. The van der Waals surface area contributed by atoms with Crippen LogP contribution in [0.2, 0.25) is 0 Å². The van der Waals surface area contributed by atoms with Gasteiger partial charge in [0.25, 0.3) is 5.56 Å². The maximum absolute atomic E-state index is 11.9. The molecule has 0 bridgehead atoms. The Morgan fingerprint density at radius 3 is 2.68 bits per heavy atom. The molecule has 7 heteroatoms. The lowest BCUT2D eigenvalue weighted by atomic mass is 9.86. The van der Waals surface area contributed by atoms with E-state index in [0.29, 0.717) is 6.54 Å². The fourth-order valence-electron chi connectivity index (χ4n) is 2.46. The number of hydrogen-bond donors (Lipinski definition) is 2. The average Bonchev–Trinajstić information content (AvgIpc) is 2.40. The molecule has 1 heterocycles. The Balaban J connectivity index is 2.12. The van der Waals surface area contributed by atoms with E-state index in [4.69, 9.17) is 0 Å². The van der Waals surface area contributed by atoms with Crippen molar-refractivity contribution in [2.45, 2.75) is 31.8 Å². The van der Waals surface area contributed by atoms with Crippen LogP contribution < -0.4 is 16.6 Å². The molecule has 0 spiro atoms. The van der Waals surface area contributed by atoms with Crippen LogP contribution in [0.1, 0.15) is 25.7 Å². The summed E-state index contributed by atoms with van der Waals surface area (Å²) in [5.41, 5.74) is -0.887. The van der Waals surface area contributed by atoms with Crippen molar-refractivity contribution in [2.75, 3.05) is 11.9 Å². The number of aliphatic hydroxyl groups is 1. The molecular weight excluding hydrogens is 248 g/mol. The van der Waals surface area contributed by atoms with E-state index in [1.807, 2.05) is 0 Å². The average molecular weight is 268 g/mol. The maximum atomic E-state index is 11.9. The second-order valence-electron chi connectivity index (χ2n) is 5.11. The van der Waals surface area contributed by atoms with Crippen molar-refractivity contribution in [1.29, 1.82) is 0 Å². The van der Waals surface area contributed by atoms with Gasteiger partial charge in [-0.3, -0.25) is 9.36 Å². The van der Waals surface area contributed by atoms with Gasteiger partial charge in [0.05, 0.1) is 6.10 Å². The molecule has 2 rings (SSSR count). The summed E-state index contributed by atoms with van der Waals surface area (Å²) in [5.74, 6) is 0.292. The van der Waals surface area contributed by atoms with Crippen LogP contribution in [0.3, 0.4) is 0 Å². The smallest absolute Gasteiger partial charge is 0.346 e. The van der Waals surface area contributed by atoms with E-state index in [9.17, 15) is 14.7 Å². The quantitative estimate of drug-likeness (QED) is 0.767. The topological polar surface area (TPSA) is 89.2 Å². The van der Waals surface area contributed by atoms with Crippen LogP contribution in [0, 0.1) is 5.92 Å². The lowest BCUT2D eigenvalue weighted by Gasteiger charge is -2.27. The summed E-state index contributed by atoms with van der Waals surface area (Å²) in [7, 11) is 2.93. The minimum absolute atomic E-state index is 0.137. The summed E-state index contributed by atoms with van der Waals surface area (Å²) >= 11 is 0. The molecule has 1 aromatic heterocycles. The van der Waals surface area contributed by atoms with Gasteiger partial charge in [0, 0.05) is 26.6 Å². The van der Waals surface area contributed by atoms with Crippen LogP contribution in [0.4, 0.5) is 5.82 Å². The van der Waals surface area contributed by atoms with Crippen molar-refractivity contribution in [3.63, 3.8) is 0 Å². The number of aryl methyl sites for hydroxylation is 1. The molecule has 1 saturated carbocycles. The highest BCUT2D eigenvalue weighted by molar-refractivity contribution is 5.29. The lowest BCUT2D eigenvalue weighted by molar-refractivity contribution is 0.0762. The number of anilines is 1. The molecule has 1 aliphatic carbocycles. The van der Waals surface area contributed by atoms with Crippen LogP contribution >= 0.6 is 0 Å². The fraction of sp³-hybridized carbons (Fsp3) is 0.750. The Hall–Kier alpha value is -1.63. The molecule has 0 radical (unpaired) electrons. The Morgan fingerprint density at radius 1 is 1.32 bits per heavy atom. The molecule has 0 saturated heterocycles. The van der Waals surface area contributed by atoms with Crippen molar-refractivity contribution < 1.29 is 5.11 Å². The molecule has 0 aliphatic heterocycles. The van der Waals surface area contributed by atoms with E-state index < -0.39 is 11.2 Å². The molecule has 0 amide bonds. The van der Waals surface area contributed by atoms with E-state index in [1.165, 1.54) is 14.1 Å². The number of aromatic nitrogens is 3. The first-order valence-electron chi connectivity index (χ1n) is 6.57. The first-order chi connectivity index (χ1) is 9.00. The summed E-state index contributed by atoms with van der Waals surface area (Å²) in [6, 6.07) is 0. The highest BCUT2D eigenvalue weighted by Crippen LogP contribution is 2.24. The molecule has 0 aromatic carbocycles. The highest BCUT2D eigenvalue weighted by atomic mass is 16.3. The van der Waals surface area contributed by atoms with Gasteiger partial charge in [0.1, 0.15) is 0 Å². The summed E-state index contributed by atoms with van der Waals surface area (Å²) in [5, 5.41) is 16.7. The Bertz CT molecular complexity index is 563. The third-order valence-electron chi connectivity index (χ3n) is 3.72. The van der Waals surface area contributed by atoms with E-state index in [1.54, 1.807) is 0 Å². The second-order valence-corrected chi connectivity index (χ2v) is 5.11. The number of nitrogens with one attached hydrogen (secondary N) is 1. The minimum atomic E-state index is -0.451. The largest absolute Gasteiger partial charge is 0.393 e. The zero-order valence-corrected chi connectivity index (χ0v) is 11.3. The van der Waals surface area contributed by atoms with Gasteiger partial charge in [-0.2, -0.15) is 0 Å². The van der Waals surface area contributed by atoms with Crippen LogP contribution in [-0.4, -0.2) is 32.1 Å². The van der Waals surface area contributed by atoms with E-state index >= 15 is 0 Å². The third kappa shape index (κ3) is 2.86. The maximum Gasteiger partial charge on any atom is 0.346 e. The van der Waals surface area contributed by atoms with Gasteiger partial charge < -0.3 is 10.4 Å². The van der Waals surface area contributed by atoms with E-state index in [2.05, 4.69) is 10.4 Å². The summed E-state index contributed by atoms with van der Waals surface area (Å²) in [4.78, 5) is 23.4. The molecule has 19 heavy (non-hydrogen) atoms. The summed E-state index contributed by atoms with van der Waals surface area (Å²) < 4.78 is 2.15. The Labute approximate surface area is 110 Å². The van der Waals surface area contributed by atoms with Crippen molar-refractivity contribution >= 4 is 5.82 Å². The Morgan fingerprint density at radius 2 is 2.00 bits per heavy atom. The van der Waals surface area contributed by atoms with Gasteiger partial charge in [-0.25, -0.2) is 9.48 Å². The van der Waals surface area contributed by atoms with E-state index in [-0.39, 0.29) is 17.8 Å². The molecule has 1 aromatic rings. The highest BCUT2D eigenvalue weighted by Gasteiger charge is 2.23. The predicted octanol–water partition coefficient (Wildman–Crippen LogP) is -0.558. The first-order valence-corrected chi connectivity index (χ1v) is 6.57. The predicted molar refractivity (Wildman–Crippen MR) is 71.2 cm³/mol. The van der Waals surface area contributed by atoms with Gasteiger partial charge in [-0.05, 0) is 12.8 Å². The molecule has 2 atom stereocenters. The van der Waals surface area contributed by atoms with Crippen LogP contribution in [-0.2, 0) is 14.1 Å². The van der Waals surface area contributed by atoms with Gasteiger partial charge in [-0.15, -0.1) is 5.10 Å². The zero-order chi connectivity index (χ0) is 14.0. The summed E-state index contributed by atoms with van der Waals surface area (Å²) in [6.45, 7) is 0.502. The number of aliphatic hydroxyl groups excluding tert-OH is 1. The molecule has 1 aliphatic rings. The van der Waals surface area contributed by atoms with Crippen molar-refractivity contribution in [3.05, 3.63) is 20.8 Å². The van der Waals surface area contributed by atoms with Crippen LogP contribution in [0.25, 0.3) is 0 Å². The lowest BCUT2D eigenvalue weighted by Crippen LogP contribution is -2.41. The molecule has 106 valence electrons. The van der Waals surface area contributed by atoms with Gasteiger partial charge in [0.15, 0.2) is 0 Å². The van der Waals surface area contributed by atoms with E-state index in [0.717, 1.165) is 34.9 Å². The SMILES string of the molecule is Cn1nc(NCC2CCCCC2O)c(=O)n(C)c1=O. The van der Waals surface area contributed by atoms with Crippen molar-refractivity contribution in [3.8, 4) is 0 Å². The minimum Gasteiger partial charge on any atom is -0.393 e. The van der Waals surface area contributed by atoms with Crippen molar-refractivity contribution in [1.82, 2.24) is 14.3 Å². The Kier molecular flexibility index (Phi) is 4.04.